The van der Waals surface area contributed by atoms with Crippen LogP contribution in [-0.4, -0.2) is 19.1 Å². The Kier molecular flexibility index (Phi) is 2.14. The fraction of sp³-hybridized carbons (Fsp3) is 1.00. The van der Waals surface area contributed by atoms with Crippen LogP contribution in [0.2, 0.25) is 0 Å². The Morgan fingerprint density at radius 3 is 3.00 bits per heavy atom. The Labute approximate surface area is 68.5 Å². The summed E-state index contributed by atoms with van der Waals surface area (Å²) in [5.74, 6) is 2.01. The maximum Gasteiger partial charge on any atom is 0.0130 e. The molecule has 2 aliphatic rings. The molecule has 64 valence electrons. The first-order valence-electron chi connectivity index (χ1n) is 4.87. The second kappa shape index (κ2) is 3.11. The number of nitrogens with one attached hydrogen (secondary N) is 1. The van der Waals surface area contributed by atoms with Gasteiger partial charge in [0.2, 0.25) is 0 Å². The lowest BCUT2D eigenvalue weighted by Crippen LogP contribution is -2.24. The van der Waals surface area contributed by atoms with Crippen molar-refractivity contribution < 1.29 is 0 Å². The zero-order chi connectivity index (χ0) is 7.68. The highest BCUT2D eigenvalue weighted by molar-refractivity contribution is 5.04. The zero-order valence-corrected chi connectivity index (χ0v) is 7.05. The first kappa shape index (κ1) is 7.56. The van der Waals surface area contributed by atoms with Crippen LogP contribution in [0, 0.1) is 11.8 Å². The first-order valence-corrected chi connectivity index (χ1v) is 4.87. The average molecular weight is 154 g/mol. The van der Waals surface area contributed by atoms with Gasteiger partial charge in [0.25, 0.3) is 0 Å². The van der Waals surface area contributed by atoms with Crippen molar-refractivity contribution in [3.63, 3.8) is 0 Å². The first-order chi connectivity index (χ1) is 5.43. The summed E-state index contributed by atoms with van der Waals surface area (Å²) in [6.45, 7) is 2.12. The molecule has 2 heteroatoms. The fourth-order valence-corrected chi connectivity index (χ4v) is 2.50. The molecule has 3 N–H and O–H groups in total. The molecule has 1 saturated heterocycles. The van der Waals surface area contributed by atoms with Crippen molar-refractivity contribution in [1.29, 1.82) is 0 Å². The molecule has 1 saturated carbocycles. The van der Waals surface area contributed by atoms with E-state index in [9.17, 15) is 0 Å². The molecule has 1 heterocycles. The van der Waals surface area contributed by atoms with Gasteiger partial charge in [0.1, 0.15) is 0 Å². The quantitative estimate of drug-likeness (QED) is 0.628. The van der Waals surface area contributed by atoms with Gasteiger partial charge in [-0.25, -0.2) is 0 Å². The molecule has 0 amide bonds. The topological polar surface area (TPSA) is 38.0 Å². The molecule has 2 rings (SSSR count). The molecule has 11 heavy (non-hydrogen) atoms. The average Bonchev–Trinajstić information content (AvgIpc) is 2.75. The van der Waals surface area contributed by atoms with E-state index in [4.69, 9.17) is 5.73 Å². The van der Waals surface area contributed by atoms with Gasteiger partial charge in [-0.15, -0.1) is 0 Å². The number of hydrogen-bond donors (Lipinski definition) is 2. The van der Waals surface area contributed by atoms with Crippen LogP contribution in [0.3, 0.4) is 0 Å². The van der Waals surface area contributed by atoms with Gasteiger partial charge >= 0.3 is 0 Å². The molecule has 1 unspecified atom stereocenters. The lowest BCUT2D eigenvalue weighted by atomic mass is 10.1. The van der Waals surface area contributed by atoms with Crippen molar-refractivity contribution in [3.8, 4) is 0 Å². The maximum atomic E-state index is 5.47. The van der Waals surface area contributed by atoms with Crippen LogP contribution < -0.4 is 11.1 Å². The standard InChI is InChI=1S/C9H18N2/c10-5-1-3-7-8-4-2-6-11-9(7)8/h7-9,11H,1-6,10H2/t7?,8-,9+/m1/s1. The van der Waals surface area contributed by atoms with E-state index < -0.39 is 0 Å². The minimum absolute atomic E-state index is 0.871. The maximum absolute atomic E-state index is 5.47. The predicted molar refractivity (Wildman–Crippen MR) is 46.3 cm³/mol. The summed E-state index contributed by atoms with van der Waals surface area (Å²) in [4.78, 5) is 0. The number of rotatable bonds is 3. The van der Waals surface area contributed by atoms with Gasteiger partial charge in [-0.2, -0.15) is 0 Å². The minimum atomic E-state index is 0.871. The van der Waals surface area contributed by atoms with E-state index in [0.29, 0.717) is 0 Å². The van der Waals surface area contributed by atoms with Crippen LogP contribution in [0.5, 0.6) is 0 Å². The van der Waals surface area contributed by atoms with Crippen molar-refractivity contribution in [2.45, 2.75) is 31.7 Å². The van der Waals surface area contributed by atoms with Crippen LogP contribution in [0.25, 0.3) is 0 Å². The Morgan fingerprint density at radius 1 is 1.45 bits per heavy atom. The summed E-state index contributed by atoms with van der Waals surface area (Å²) in [6.07, 6.45) is 5.44. The molecular weight excluding hydrogens is 136 g/mol. The molecule has 2 nitrogen and oxygen atoms in total. The van der Waals surface area contributed by atoms with Crippen LogP contribution in [0.4, 0.5) is 0 Å². The van der Waals surface area contributed by atoms with E-state index >= 15 is 0 Å². The highest BCUT2D eigenvalue weighted by Gasteiger charge is 2.49. The van der Waals surface area contributed by atoms with E-state index in [2.05, 4.69) is 5.32 Å². The van der Waals surface area contributed by atoms with Gasteiger partial charge in [0, 0.05) is 6.04 Å². The van der Waals surface area contributed by atoms with Gasteiger partial charge in [-0.05, 0) is 50.6 Å². The molecule has 0 bridgehead atoms. The summed E-state index contributed by atoms with van der Waals surface area (Å²) in [5.41, 5.74) is 5.47. The molecule has 2 fully saturated rings. The molecular formula is C9H18N2. The zero-order valence-electron chi connectivity index (χ0n) is 7.05. The van der Waals surface area contributed by atoms with E-state index in [1.54, 1.807) is 0 Å². The van der Waals surface area contributed by atoms with Crippen molar-refractivity contribution in [2.24, 2.45) is 17.6 Å². The van der Waals surface area contributed by atoms with Gasteiger partial charge in [0.05, 0.1) is 0 Å². The highest BCUT2D eigenvalue weighted by Crippen LogP contribution is 2.47. The van der Waals surface area contributed by atoms with Crippen LogP contribution in [0.15, 0.2) is 0 Å². The summed E-state index contributed by atoms with van der Waals surface area (Å²) in [5, 5.41) is 3.57. The lowest BCUT2D eigenvalue weighted by molar-refractivity contribution is 0.504. The van der Waals surface area contributed by atoms with Gasteiger partial charge in [0.15, 0.2) is 0 Å². The monoisotopic (exact) mass is 154 g/mol. The number of hydrogen-bond acceptors (Lipinski definition) is 2. The van der Waals surface area contributed by atoms with Crippen LogP contribution >= 0.6 is 0 Å². The highest BCUT2D eigenvalue weighted by atomic mass is 15.0. The largest absolute Gasteiger partial charge is 0.330 e. The fourth-order valence-electron chi connectivity index (χ4n) is 2.50. The third-order valence-corrected chi connectivity index (χ3v) is 3.17. The van der Waals surface area contributed by atoms with Gasteiger partial charge in [-0.1, -0.05) is 0 Å². The third kappa shape index (κ3) is 1.42. The van der Waals surface area contributed by atoms with E-state index in [1.807, 2.05) is 0 Å². The molecule has 0 aromatic heterocycles. The molecule has 0 aromatic carbocycles. The predicted octanol–water partition coefficient (Wildman–Crippen LogP) is 0.723. The molecule has 0 spiro atoms. The summed E-state index contributed by atoms with van der Waals surface area (Å²) in [7, 11) is 0. The van der Waals surface area contributed by atoms with E-state index in [1.165, 1.54) is 32.2 Å². The van der Waals surface area contributed by atoms with Gasteiger partial charge in [-0.3, -0.25) is 0 Å². The van der Waals surface area contributed by atoms with Crippen LogP contribution in [-0.2, 0) is 0 Å². The number of fused-ring (bicyclic) bond motifs is 1. The molecule has 1 aliphatic heterocycles. The third-order valence-electron chi connectivity index (χ3n) is 3.17. The smallest absolute Gasteiger partial charge is 0.0130 e. The van der Waals surface area contributed by atoms with Crippen molar-refractivity contribution in [3.05, 3.63) is 0 Å². The normalized spacial score (nSPS) is 41.7. The van der Waals surface area contributed by atoms with Crippen molar-refractivity contribution in [2.75, 3.05) is 13.1 Å². The second-order valence-electron chi connectivity index (χ2n) is 3.88. The number of piperidine rings is 1. The minimum Gasteiger partial charge on any atom is -0.330 e. The SMILES string of the molecule is NCCCC1[C@H]2CCCN[C@@H]12. The molecule has 0 aromatic rings. The van der Waals surface area contributed by atoms with Gasteiger partial charge < -0.3 is 11.1 Å². The summed E-state index contributed by atoms with van der Waals surface area (Å²) < 4.78 is 0. The Bertz CT molecular complexity index is 124. The van der Waals surface area contributed by atoms with E-state index in [-0.39, 0.29) is 0 Å². The molecule has 1 aliphatic carbocycles. The summed E-state index contributed by atoms with van der Waals surface area (Å²) in [6, 6.07) is 0.885. The Balaban J connectivity index is 1.72. The van der Waals surface area contributed by atoms with E-state index in [0.717, 1.165) is 24.4 Å². The van der Waals surface area contributed by atoms with Crippen LogP contribution in [0.1, 0.15) is 25.7 Å². The molecule has 0 radical (unpaired) electrons. The molecule has 3 atom stereocenters. The van der Waals surface area contributed by atoms with Crippen molar-refractivity contribution >= 4 is 0 Å². The van der Waals surface area contributed by atoms with Crippen molar-refractivity contribution in [1.82, 2.24) is 5.32 Å². The Hall–Kier alpha value is -0.0800. The second-order valence-corrected chi connectivity index (χ2v) is 3.88. The lowest BCUT2D eigenvalue weighted by Gasteiger charge is -2.08. The number of nitrogens with two attached hydrogens (primary N) is 1. The summed E-state index contributed by atoms with van der Waals surface area (Å²) >= 11 is 0. The Morgan fingerprint density at radius 2 is 2.36 bits per heavy atom.